The average molecular weight is 300 g/mol. The van der Waals surface area contributed by atoms with Gasteiger partial charge in [-0.2, -0.15) is 0 Å². The number of benzene rings is 1. The molecular weight excluding hydrogens is 288 g/mol. The van der Waals surface area contributed by atoms with Gasteiger partial charge in [0.2, 0.25) is 0 Å². The number of carbonyl (C=O) groups excluding carboxylic acids is 3. The zero-order valence-corrected chi connectivity index (χ0v) is 11.7. The van der Waals surface area contributed by atoms with Crippen LogP contribution in [0.2, 0.25) is 0 Å². The molecule has 0 fully saturated rings. The molecule has 0 aromatic heterocycles. The van der Waals surface area contributed by atoms with Gasteiger partial charge in [-0.15, -0.1) is 0 Å². The molecule has 0 saturated carbocycles. The van der Waals surface area contributed by atoms with Gasteiger partial charge in [0.1, 0.15) is 11.5 Å². The number of rotatable bonds is 1. The van der Waals surface area contributed by atoms with Crippen LogP contribution in [-0.2, 0) is 19.1 Å². The maximum atomic E-state index is 12.4. The highest BCUT2D eigenvalue weighted by atomic mass is 16.6. The van der Waals surface area contributed by atoms with E-state index in [1.165, 1.54) is 7.11 Å². The zero-order valence-electron chi connectivity index (χ0n) is 11.7. The topological polar surface area (TPSA) is 78.9 Å². The van der Waals surface area contributed by atoms with Crippen LogP contribution in [0.1, 0.15) is 17.9 Å². The smallest absolute Gasteiger partial charge is 0.339 e. The van der Waals surface area contributed by atoms with Gasteiger partial charge >= 0.3 is 17.9 Å². The summed E-state index contributed by atoms with van der Waals surface area (Å²) < 4.78 is 15.5. The predicted octanol–water partition coefficient (Wildman–Crippen LogP) is 1.34. The van der Waals surface area contributed by atoms with Crippen molar-refractivity contribution in [1.29, 1.82) is 0 Å². The van der Waals surface area contributed by atoms with Crippen molar-refractivity contribution in [2.75, 3.05) is 7.11 Å². The van der Waals surface area contributed by atoms with Crippen molar-refractivity contribution in [3.63, 3.8) is 0 Å². The molecule has 3 aliphatic rings. The van der Waals surface area contributed by atoms with Gasteiger partial charge in [0.25, 0.3) is 0 Å². The van der Waals surface area contributed by atoms with Crippen LogP contribution in [-0.4, -0.2) is 25.0 Å². The van der Waals surface area contributed by atoms with Crippen molar-refractivity contribution in [1.82, 2.24) is 0 Å². The fourth-order valence-corrected chi connectivity index (χ4v) is 3.54. The van der Waals surface area contributed by atoms with Crippen LogP contribution in [0.5, 0.6) is 11.5 Å². The van der Waals surface area contributed by atoms with E-state index in [9.17, 15) is 14.4 Å². The van der Waals surface area contributed by atoms with Gasteiger partial charge in [0, 0.05) is 17.1 Å². The highest BCUT2D eigenvalue weighted by Crippen LogP contribution is 2.54. The van der Waals surface area contributed by atoms with Crippen LogP contribution in [0.25, 0.3) is 0 Å². The fraction of sp³-hybridized carbons (Fsp3) is 0.312. The summed E-state index contributed by atoms with van der Waals surface area (Å²) in [6.07, 6.45) is 1.92. The second kappa shape index (κ2) is 4.43. The molecule has 0 amide bonds. The maximum absolute atomic E-state index is 12.4. The molecule has 2 heterocycles. The number of esters is 3. The van der Waals surface area contributed by atoms with Crippen molar-refractivity contribution >= 4 is 17.9 Å². The third kappa shape index (κ3) is 1.57. The quantitative estimate of drug-likeness (QED) is 0.575. The largest absolute Gasteiger partial charge is 0.469 e. The Labute approximate surface area is 125 Å². The van der Waals surface area contributed by atoms with E-state index in [-0.39, 0.29) is 6.42 Å². The second-order valence-corrected chi connectivity index (χ2v) is 5.51. The SMILES string of the molecule is COC(=O)[C@@H]1CC=C2C(=O)Oc3cccc4c3[C@@H]2[C@H]1C(=O)O4. The molecule has 1 aliphatic carbocycles. The van der Waals surface area contributed by atoms with Crippen LogP contribution in [0, 0.1) is 11.8 Å². The molecule has 22 heavy (non-hydrogen) atoms. The summed E-state index contributed by atoms with van der Waals surface area (Å²) in [5.74, 6) is -2.61. The molecule has 112 valence electrons. The fourth-order valence-electron chi connectivity index (χ4n) is 3.54. The standard InChI is InChI=1S/C16H12O6/c1-20-14(17)8-6-5-7-11-12(8)16(19)22-10-4-2-3-9(13(10)11)21-15(7)18/h2-5,8,11-12H,6H2,1H3/t8-,11+,12+/m1/s1. The van der Waals surface area contributed by atoms with E-state index in [0.29, 0.717) is 22.6 Å². The Kier molecular flexibility index (Phi) is 2.63. The molecule has 4 rings (SSSR count). The van der Waals surface area contributed by atoms with E-state index in [4.69, 9.17) is 14.2 Å². The first-order chi connectivity index (χ1) is 10.6. The van der Waals surface area contributed by atoms with Gasteiger partial charge < -0.3 is 14.2 Å². The first-order valence-electron chi connectivity index (χ1n) is 6.96. The van der Waals surface area contributed by atoms with E-state index in [2.05, 4.69) is 0 Å². The van der Waals surface area contributed by atoms with E-state index >= 15 is 0 Å². The normalized spacial score (nSPS) is 28.0. The van der Waals surface area contributed by atoms with Crippen LogP contribution in [0.3, 0.4) is 0 Å². The minimum atomic E-state index is -0.756. The zero-order chi connectivity index (χ0) is 15.4. The van der Waals surface area contributed by atoms with Crippen LogP contribution >= 0.6 is 0 Å². The molecule has 1 aromatic rings. The number of hydrogen-bond acceptors (Lipinski definition) is 6. The maximum Gasteiger partial charge on any atom is 0.339 e. The lowest BCUT2D eigenvalue weighted by Gasteiger charge is -2.41. The summed E-state index contributed by atoms with van der Waals surface area (Å²) in [7, 11) is 1.28. The Morgan fingerprint density at radius 3 is 2.68 bits per heavy atom. The van der Waals surface area contributed by atoms with Crippen LogP contribution in [0.4, 0.5) is 0 Å². The summed E-state index contributed by atoms with van der Waals surface area (Å²) in [5.41, 5.74) is 1.08. The average Bonchev–Trinajstić information content (AvgIpc) is 2.52. The van der Waals surface area contributed by atoms with Gasteiger partial charge in [-0.3, -0.25) is 9.59 Å². The highest BCUT2D eigenvalue weighted by molar-refractivity contribution is 5.99. The Morgan fingerprint density at radius 2 is 1.95 bits per heavy atom. The number of hydrogen-bond donors (Lipinski definition) is 0. The first-order valence-corrected chi connectivity index (χ1v) is 6.96. The molecule has 3 atom stereocenters. The summed E-state index contributed by atoms with van der Waals surface area (Å²) in [4.78, 5) is 36.6. The van der Waals surface area contributed by atoms with Crippen molar-refractivity contribution in [2.45, 2.75) is 12.3 Å². The molecule has 2 aliphatic heterocycles. The van der Waals surface area contributed by atoms with Crippen molar-refractivity contribution in [3.05, 3.63) is 35.4 Å². The minimum absolute atomic E-state index is 0.255. The molecule has 0 N–H and O–H groups in total. The number of carbonyl (C=O) groups is 3. The van der Waals surface area contributed by atoms with Crippen molar-refractivity contribution in [2.24, 2.45) is 11.8 Å². The van der Waals surface area contributed by atoms with E-state index in [0.717, 1.165) is 0 Å². The van der Waals surface area contributed by atoms with E-state index in [1.807, 2.05) is 0 Å². The molecule has 6 heteroatoms. The Hall–Kier alpha value is -2.63. The lowest BCUT2D eigenvalue weighted by Crippen LogP contribution is -2.46. The number of ether oxygens (including phenoxy) is 3. The van der Waals surface area contributed by atoms with Crippen LogP contribution < -0.4 is 9.47 Å². The Bertz CT molecular complexity index is 733. The summed E-state index contributed by atoms with van der Waals surface area (Å²) in [6.45, 7) is 0. The molecule has 0 saturated heterocycles. The lowest BCUT2D eigenvalue weighted by atomic mass is 9.66. The second-order valence-electron chi connectivity index (χ2n) is 5.51. The first kappa shape index (κ1) is 13.1. The summed E-state index contributed by atoms with van der Waals surface area (Å²) >= 11 is 0. The van der Waals surface area contributed by atoms with Gasteiger partial charge in [-0.05, 0) is 18.6 Å². The van der Waals surface area contributed by atoms with E-state index < -0.39 is 35.7 Å². The van der Waals surface area contributed by atoms with Crippen LogP contribution in [0.15, 0.2) is 29.8 Å². The third-order valence-electron chi connectivity index (χ3n) is 4.48. The molecule has 0 unspecified atom stereocenters. The van der Waals surface area contributed by atoms with Gasteiger partial charge in [0.15, 0.2) is 0 Å². The van der Waals surface area contributed by atoms with E-state index in [1.54, 1.807) is 24.3 Å². The molecule has 0 bridgehead atoms. The molecule has 1 aromatic carbocycles. The predicted molar refractivity (Wildman–Crippen MR) is 72.1 cm³/mol. The van der Waals surface area contributed by atoms with Gasteiger partial charge in [-0.1, -0.05) is 12.1 Å². The summed E-state index contributed by atoms with van der Waals surface area (Å²) in [6, 6.07) is 4.97. The van der Waals surface area contributed by atoms with Crippen molar-refractivity contribution in [3.8, 4) is 11.5 Å². The van der Waals surface area contributed by atoms with Gasteiger partial charge in [0.05, 0.1) is 18.9 Å². The minimum Gasteiger partial charge on any atom is -0.469 e. The number of methoxy groups -OCH3 is 1. The highest BCUT2D eigenvalue weighted by Gasteiger charge is 2.53. The molecule has 6 nitrogen and oxygen atoms in total. The molecular formula is C16H12O6. The van der Waals surface area contributed by atoms with Gasteiger partial charge in [-0.25, -0.2) is 4.79 Å². The third-order valence-corrected chi connectivity index (χ3v) is 4.48. The summed E-state index contributed by atoms with van der Waals surface area (Å²) in [5, 5.41) is 0. The Balaban J connectivity index is 1.94. The monoisotopic (exact) mass is 300 g/mol. The lowest BCUT2D eigenvalue weighted by molar-refractivity contribution is -0.157. The number of allylic oxidation sites excluding steroid dienone is 1. The Morgan fingerprint density at radius 1 is 1.23 bits per heavy atom. The molecule has 0 spiro atoms. The van der Waals surface area contributed by atoms with Crippen molar-refractivity contribution < 1.29 is 28.6 Å². The molecule has 0 radical (unpaired) electrons.